The molecule has 0 spiro atoms. The van der Waals surface area contributed by atoms with Gasteiger partial charge in [-0.05, 0) is 108 Å². The van der Waals surface area contributed by atoms with E-state index in [1.807, 2.05) is 62.0 Å². The van der Waals surface area contributed by atoms with E-state index in [4.69, 9.17) is 29.2 Å². The molecule has 5 aliphatic heterocycles. The number of nitrogens with zero attached hydrogens (tertiary/aromatic N) is 6. The SMILES string of the molecule is COC(=O)N[C@H](C(=O)N1CCC[C@H]1C1=NC=C(c2cc(F)c3c(c2)OC(c2cnc(C4CC4)s2)n2c-3cc3cc(C4=CN=C([C@@H]5CC6(C)CC6N5C(=O)[C@@H](NC(=O)OC)C(C)C)C4)ccc32)C1)C(C)C.S.S.S.S. The highest BCUT2D eigenvalue weighted by molar-refractivity contribution is 7.59. The molecule has 21 heteroatoms. The van der Waals surface area contributed by atoms with Gasteiger partial charge >= 0.3 is 12.2 Å². The second-order valence-electron chi connectivity index (χ2n) is 21.0. The molecular weight excluding hydrogens is 1040 g/mol. The van der Waals surface area contributed by atoms with E-state index in [-0.39, 0.29) is 101 Å². The van der Waals surface area contributed by atoms with Crippen molar-refractivity contribution in [3.8, 4) is 17.0 Å². The summed E-state index contributed by atoms with van der Waals surface area (Å²) in [5.74, 6) is -0.0975. The molecule has 7 atom stereocenters. The van der Waals surface area contributed by atoms with E-state index in [0.717, 1.165) is 87.4 Å². The van der Waals surface area contributed by atoms with Gasteiger partial charge in [-0.3, -0.25) is 24.1 Å². The number of fused-ring (bicyclic) bond motifs is 6. The molecule has 2 N–H and O–H groups in total. The molecule has 11 rings (SSSR count). The maximum atomic E-state index is 17.0. The number of piperidine rings is 1. The van der Waals surface area contributed by atoms with E-state index in [2.05, 4.69) is 40.3 Å². The molecule has 2 saturated carbocycles. The van der Waals surface area contributed by atoms with Crippen LogP contribution in [0.5, 0.6) is 5.75 Å². The van der Waals surface area contributed by atoms with Crippen LogP contribution in [0.3, 0.4) is 0 Å². The Hall–Kier alpha value is -4.96. The number of benzene rings is 2. The second-order valence-corrected chi connectivity index (χ2v) is 22.1. The number of hydrogen-bond donors (Lipinski definition) is 2. The summed E-state index contributed by atoms with van der Waals surface area (Å²) in [5.41, 5.74) is 7.25. The minimum atomic E-state index is -0.742. The highest BCUT2D eigenvalue weighted by atomic mass is 32.1. The largest absolute Gasteiger partial charge is 0.464 e. The molecule has 7 heterocycles. The van der Waals surface area contributed by atoms with Crippen LogP contribution in [0, 0.1) is 23.1 Å². The van der Waals surface area contributed by atoms with Gasteiger partial charge in [0.2, 0.25) is 18.0 Å². The Morgan fingerprint density at radius 2 is 1.45 bits per heavy atom. The van der Waals surface area contributed by atoms with E-state index < -0.39 is 36.3 Å². The van der Waals surface area contributed by atoms with Crippen molar-refractivity contribution in [3.05, 3.63) is 81.8 Å². The first-order valence-electron chi connectivity index (χ1n) is 24.6. The Bertz CT molecular complexity index is 3000. The third-order valence-corrected chi connectivity index (χ3v) is 16.8. The highest BCUT2D eigenvalue weighted by Crippen LogP contribution is 2.60. The van der Waals surface area contributed by atoms with Crippen molar-refractivity contribution in [1.82, 2.24) is 30.0 Å². The molecule has 2 aliphatic carbocycles. The maximum Gasteiger partial charge on any atom is 0.407 e. The van der Waals surface area contributed by atoms with Crippen molar-refractivity contribution in [1.29, 1.82) is 0 Å². The summed E-state index contributed by atoms with van der Waals surface area (Å²) in [7, 11) is 2.58. The number of alkyl carbamates (subject to hydrolysis) is 2. The minimum Gasteiger partial charge on any atom is -0.464 e. The zero-order valence-electron chi connectivity index (χ0n) is 42.6. The molecule has 2 aromatic heterocycles. The Morgan fingerprint density at radius 3 is 2.08 bits per heavy atom. The Balaban J connectivity index is 0.00000200. The molecule has 2 saturated heterocycles. The fourth-order valence-corrected chi connectivity index (χ4v) is 12.5. The number of aromatic nitrogens is 2. The van der Waals surface area contributed by atoms with Crippen LogP contribution in [0.15, 0.2) is 65.0 Å². The Labute approximate surface area is 463 Å². The number of amides is 4. The molecule has 4 fully saturated rings. The quantitative estimate of drug-likeness (QED) is 0.141. The van der Waals surface area contributed by atoms with Crippen molar-refractivity contribution >= 4 is 123 Å². The number of hydrogen-bond acceptors (Lipinski definition) is 11. The molecule has 398 valence electrons. The number of carbonyl (C=O) groups excluding carboxylic acids is 4. The predicted molar refractivity (Wildman–Crippen MR) is 307 cm³/mol. The van der Waals surface area contributed by atoms with Gasteiger partial charge in [0.05, 0.1) is 53.0 Å². The van der Waals surface area contributed by atoms with Gasteiger partial charge in [-0.2, -0.15) is 54.0 Å². The molecule has 0 radical (unpaired) electrons. The summed E-state index contributed by atoms with van der Waals surface area (Å²) in [4.78, 5) is 71.8. The lowest BCUT2D eigenvalue weighted by Gasteiger charge is -2.33. The van der Waals surface area contributed by atoms with Gasteiger partial charge in [0.25, 0.3) is 0 Å². The molecule has 0 bridgehead atoms. The van der Waals surface area contributed by atoms with E-state index in [0.29, 0.717) is 47.9 Å². The summed E-state index contributed by atoms with van der Waals surface area (Å²) in [6.07, 6.45) is 10.2. The third kappa shape index (κ3) is 10.1. The first-order valence-corrected chi connectivity index (χ1v) is 25.4. The topological polar surface area (TPSA) is 169 Å². The molecule has 15 nitrogen and oxygen atoms in total. The fraction of sp³-hybridized carbons (Fsp3) is 0.491. The monoisotopic (exact) mass is 1110 g/mol. The highest BCUT2D eigenvalue weighted by Gasteiger charge is 2.64. The predicted octanol–water partition coefficient (Wildman–Crippen LogP) is 9.67. The number of nitrogens with one attached hydrogen (secondary N) is 2. The first kappa shape index (κ1) is 56.8. The summed E-state index contributed by atoms with van der Waals surface area (Å²) in [5, 5.41) is 7.50. The Morgan fingerprint density at radius 1 is 0.811 bits per heavy atom. The average molecular weight is 1110 g/mol. The van der Waals surface area contributed by atoms with Crippen LogP contribution in [0.25, 0.3) is 33.3 Å². The summed E-state index contributed by atoms with van der Waals surface area (Å²) >= 11 is 1.64. The number of rotatable bonds is 12. The minimum absolute atomic E-state index is 0. The zero-order chi connectivity index (χ0) is 48.9. The van der Waals surface area contributed by atoms with Crippen molar-refractivity contribution in [3.63, 3.8) is 0 Å². The van der Waals surface area contributed by atoms with E-state index >= 15 is 4.39 Å². The van der Waals surface area contributed by atoms with Crippen molar-refractivity contribution in [2.24, 2.45) is 27.2 Å². The van der Waals surface area contributed by atoms with Crippen LogP contribution in [-0.2, 0) is 19.1 Å². The number of thiazole rings is 1. The van der Waals surface area contributed by atoms with Gasteiger partial charge in [0.1, 0.15) is 23.7 Å². The molecular formula is C53H67FN8O7S5. The smallest absolute Gasteiger partial charge is 0.407 e. The number of aliphatic imine (C=N–C) groups is 2. The lowest BCUT2D eigenvalue weighted by atomic mass is 9.93. The molecule has 3 unspecified atom stereocenters. The van der Waals surface area contributed by atoms with E-state index in [1.165, 1.54) is 14.2 Å². The van der Waals surface area contributed by atoms with E-state index in [1.54, 1.807) is 23.6 Å². The van der Waals surface area contributed by atoms with Gasteiger partial charge in [-0.15, -0.1) is 11.3 Å². The van der Waals surface area contributed by atoms with Crippen LogP contribution < -0.4 is 15.4 Å². The van der Waals surface area contributed by atoms with Gasteiger partial charge in [0.15, 0.2) is 0 Å². The van der Waals surface area contributed by atoms with Gasteiger partial charge in [-0.1, -0.05) is 40.7 Å². The maximum absolute atomic E-state index is 17.0. The number of carbonyl (C=O) groups is 4. The van der Waals surface area contributed by atoms with Gasteiger partial charge in [-0.25, -0.2) is 19.0 Å². The summed E-state index contributed by atoms with van der Waals surface area (Å²) < 4.78 is 35.7. The molecule has 74 heavy (non-hydrogen) atoms. The number of allylic oxidation sites excluding steroid dienone is 2. The van der Waals surface area contributed by atoms with Crippen LogP contribution in [0.1, 0.15) is 119 Å². The lowest BCUT2D eigenvalue weighted by molar-refractivity contribution is -0.135. The molecule has 4 aromatic rings. The average Bonchev–Trinajstić information content (AvgIpc) is 3.81. The first-order chi connectivity index (χ1) is 33.6. The third-order valence-electron chi connectivity index (χ3n) is 15.6. The molecule has 2 aromatic carbocycles. The van der Waals surface area contributed by atoms with Crippen LogP contribution >= 0.6 is 65.3 Å². The second kappa shape index (κ2) is 21.9. The number of likely N-dealkylation sites (tertiary alicyclic amines) is 2. The van der Waals surface area contributed by atoms with Crippen molar-refractivity contribution in [2.45, 2.75) is 128 Å². The van der Waals surface area contributed by atoms with E-state index in [9.17, 15) is 19.2 Å². The van der Waals surface area contributed by atoms with Gasteiger partial charge < -0.3 is 34.6 Å². The number of halogens is 1. The zero-order valence-corrected chi connectivity index (χ0v) is 47.4. The fourth-order valence-electron chi connectivity index (χ4n) is 11.4. The van der Waals surface area contributed by atoms with Crippen molar-refractivity contribution in [2.75, 3.05) is 20.8 Å². The summed E-state index contributed by atoms with van der Waals surface area (Å²) in [6.45, 7) is 10.4. The van der Waals surface area contributed by atoms with Crippen molar-refractivity contribution < 1.29 is 37.8 Å². The van der Waals surface area contributed by atoms with Crippen LogP contribution in [0.4, 0.5) is 14.0 Å². The summed E-state index contributed by atoms with van der Waals surface area (Å²) in [6, 6.07) is 10.0. The normalized spacial score (nSPS) is 23.8. The Kier molecular flexibility index (Phi) is 16.8. The molecule has 7 aliphatic rings. The van der Waals surface area contributed by atoms with Crippen LogP contribution in [0.2, 0.25) is 0 Å². The number of ether oxygens (including phenoxy) is 3. The number of methoxy groups -OCH3 is 2. The van der Waals surface area contributed by atoms with Gasteiger partial charge in [0, 0.05) is 66.8 Å². The molecule has 4 amide bonds. The van der Waals surface area contributed by atoms with Crippen LogP contribution in [-0.4, -0.2) is 106 Å². The lowest BCUT2D eigenvalue weighted by Crippen LogP contribution is -2.54. The standard InChI is InChI=1S/C53H59FN8O7S.4H2S/c1-26(2)45(58-51(65)67-6)48(63)60-14-8-9-38(60)35-18-33(24-55-35)30-16-34(54)44-39-19-31-15-29(12-13-37(31)61(39)50(69-41(44)20-30)42-25-57-47(70-42)28-10-11-28)32-17-36(56-23-32)40-21-53(5)22-43(53)62(40)49(64)46(27(3)4)59-52(66)68-7;;;;/h12-13,15-16,19-20,23-28,38,40,43,45-46,50H,8-11,14,17-18,21-22H2,1-7H3,(H,58,65)(H,59,66);4*1H2/t38-,40-,43?,45-,46-,50?,53?;;;;/m0..../s1.